The molecule has 0 saturated carbocycles. The van der Waals surface area contributed by atoms with Gasteiger partial charge in [-0.1, -0.05) is 36.8 Å². The first-order valence-corrected chi connectivity index (χ1v) is 9.79. The zero-order valence-corrected chi connectivity index (χ0v) is 16.7. The van der Waals surface area contributed by atoms with Crippen molar-refractivity contribution in [3.8, 4) is 11.8 Å². The maximum atomic E-state index is 12.2. The van der Waals surface area contributed by atoms with Crippen molar-refractivity contribution in [1.29, 1.82) is 5.26 Å². The summed E-state index contributed by atoms with van der Waals surface area (Å²) in [4.78, 5) is 23.0. The standard InChI is InChI=1S/C23H27N3O3/c1-18(27)25-16-6-2-3-9-23(28)26-22-8-5-4-7-20(22)17-29-21-12-10-19(11-13-21)14-15-24/h4-5,7-8,10-13H,2-3,6,9,14,16-17H2,1H3,(H,25,27)(H,26,28). The summed E-state index contributed by atoms with van der Waals surface area (Å²) in [6, 6.07) is 17.1. The molecule has 29 heavy (non-hydrogen) atoms. The fourth-order valence-electron chi connectivity index (χ4n) is 2.79. The van der Waals surface area contributed by atoms with Crippen LogP contribution in [0.1, 0.15) is 43.7 Å². The Hall–Kier alpha value is -3.33. The number of carbonyl (C=O) groups excluding carboxylic acids is 2. The summed E-state index contributed by atoms with van der Waals surface area (Å²) in [7, 11) is 0. The highest BCUT2D eigenvalue weighted by Crippen LogP contribution is 2.20. The van der Waals surface area contributed by atoms with E-state index < -0.39 is 0 Å². The molecule has 0 aromatic heterocycles. The van der Waals surface area contributed by atoms with E-state index >= 15 is 0 Å². The molecule has 152 valence electrons. The second-order valence-corrected chi connectivity index (χ2v) is 6.77. The minimum absolute atomic E-state index is 0.0281. The Morgan fingerprint density at radius 1 is 1.03 bits per heavy atom. The van der Waals surface area contributed by atoms with Gasteiger partial charge in [-0.3, -0.25) is 9.59 Å². The third kappa shape index (κ3) is 8.48. The zero-order valence-electron chi connectivity index (χ0n) is 16.7. The number of unbranched alkanes of at least 4 members (excludes halogenated alkanes) is 2. The molecule has 0 unspecified atom stereocenters. The highest BCUT2D eigenvalue weighted by Gasteiger charge is 2.07. The number of ether oxygens (including phenoxy) is 1. The van der Waals surface area contributed by atoms with Crippen LogP contribution in [0, 0.1) is 11.3 Å². The molecule has 2 aromatic rings. The second-order valence-electron chi connectivity index (χ2n) is 6.77. The molecule has 6 heteroatoms. The molecule has 0 heterocycles. The van der Waals surface area contributed by atoms with Crippen molar-refractivity contribution in [2.75, 3.05) is 11.9 Å². The van der Waals surface area contributed by atoms with Crippen LogP contribution in [-0.4, -0.2) is 18.4 Å². The van der Waals surface area contributed by atoms with Gasteiger partial charge in [0.1, 0.15) is 12.4 Å². The van der Waals surface area contributed by atoms with Gasteiger partial charge in [0, 0.05) is 31.1 Å². The molecule has 0 atom stereocenters. The molecule has 0 fully saturated rings. The molecule has 6 nitrogen and oxygen atoms in total. The van der Waals surface area contributed by atoms with Gasteiger partial charge in [-0.2, -0.15) is 5.26 Å². The predicted molar refractivity (Wildman–Crippen MR) is 112 cm³/mol. The molecule has 0 aliphatic carbocycles. The van der Waals surface area contributed by atoms with Crippen LogP contribution in [0.25, 0.3) is 0 Å². The predicted octanol–water partition coefficient (Wildman–Crippen LogP) is 3.97. The molecule has 2 N–H and O–H groups in total. The van der Waals surface area contributed by atoms with E-state index in [1.54, 1.807) is 0 Å². The lowest BCUT2D eigenvalue weighted by atomic mass is 10.1. The highest BCUT2D eigenvalue weighted by atomic mass is 16.5. The molecule has 0 aliphatic rings. The molecular formula is C23H27N3O3. The Kier molecular flexibility index (Phi) is 9.23. The topological polar surface area (TPSA) is 91.2 Å². The number of hydrogen-bond acceptors (Lipinski definition) is 4. The zero-order chi connectivity index (χ0) is 20.9. The molecule has 0 radical (unpaired) electrons. The van der Waals surface area contributed by atoms with E-state index in [9.17, 15) is 9.59 Å². The second kappa shape index (κ2) is 12.2. The van der Waals surface area contributed by atoms with Gasteiger partial charge in [0.2, 0.25) is 11.8 Å². The Balaban J connectivity index is 1.79. The van der Waals surface area contributed by atoms with Gasteiger partial charge >= 0.3 is 0 Å². The fourth-order valence-corrected chi connectivity index (χ4v) is 2.79. The Morgan fingerprint density at radius 2 is 1.79 bits per heavy atom. The molecule has 2 amide bonds. The van der Waals surface area contributed by atoms with Crippen molar-refractivity contribution in [2.45, 2.75) is 45.6 Å². The number of para-hydroxylation sites is 1. The van der Waals surface area contributed by atoms with Crippen LogP contribution in [0.5, 0.6) is 5.75 Å². The number of anilines is 1. The maximum Gasteiger partial charge on any atom is 0.224 e. The van der Waals surface area contributed by atoms with E-state index in [-0.39, 0.29) is 11.8 Å². The first kappa shape index (κ1) is 22.0. The van der Waals surface area contributed by atoms with Gasteiger partial charge in [0.05, 0.1) is 12.5 Å². The van der Waals surface area contributed by atoms with Gasteiger partial charge in [0.25, 0.3) is 0 Å². The summed E-state index contributed by atoms with van der Waals surface area (Å²) in [6.45, 7) is 2.48. The van der Waals surface area contributed by atoms with Crippen LogP contribution in [0.15, 0.2) is 48.5 Å². The average molecular weight is 393 g/mol. The molecule has 0 bridgehead atoms. The van der Waals surface area contributed by atoms with Crippen LogP contribution >= 0.6 is 0 Å². The quantitative estimate of drug-likeness (QED) is 0.565. The number of nitrogens with one attached hydrogen (secondary N) is 2. The molecular weight excluding hydrogens is 366 g/mol. The molecule has 2 rings (SSSR count). The number of nitrogens with zero attached hydrogens (tertiary/aromatic N) is 1. The van der Waals surface area contributed by atoms with Crippen LogP contribution < -0.4 is 15.4 Å². The molecule has 2 aromatic carbocycles. The van der Waals surface area contributed by atoms with Crippen molar-refractivity contribution in [1.82, 2.24) is 5.32 Å². The summed E-state index contributed by atoms with van der Waals surface area (Å²) in [6.07, 6.45) is 3.35. The van der Waals surface area contributed by atoms with E-state index in [0.29, 0.717) is 31.7 Å². The van der Waals surface area contributed by atoms with Gasteiger partial charge in [-0.25, -0.2) is 0 Å². The van der Waals surface area contributed by atoms with Crippen molar-refractivity contribution >= 4 is 17.5 Å². The van der Waals surface area contributed by atoms with Gasteiger partial charge in [-0.15, -0.1) is 0 Å². The lowest BCUT2D eigenvalue weighted by molar-refractivity contribution is -0.119. The highest BCUT2D eigenvalue weighted by molar-refractivity contribution is 5.91. The van der Waals surface area contributed by atoms with Crippen LogP contribution in [0.2, 0.25) is 0 Å². The number of carbonyl (C=O) groups is 2. The Morgan fingerprint density at radius 3 is 2.52 bits per heavy atom. The summed E-state index contributed by atoms with van der Waals surface area (Å²) < 4.78 is 5.82. The van der Waals surface area contributed by atoms with Crippen molar-refractivity contribution in [3.05, 3.63) is 59.7 Å². The third-order valence-electron chi connectivity index (χ3n) is 4.35. The van der Waals surface area contributed by atoms with E-state index in [0.717, 1.165) is 36.1 Å². The summed E-state index contributed by atoms with van der Waals surface area (Å²) in [5.74, 6) is 0.657. The van der Waals surface area contributed by atoms with Crippen molar-refractivity contribution in [2.24, 2.45) is 0 Å². The smallest absolute Gasteiger partial charge is 0.224 e. The van der Waals surface area contributed by atoms with Crippen molar-refractivity contribution in [3.63, 3.8) is 0 Å². The monoisotopic (exact) mass is 393 g/mol. The number of rotatable bonds is 11. The fraction of sp³-hybridized carbons (Fsp3) is 0.348. The molecule has 0 saturated heterocycles. The van der Waals surface area contributed by atoms with Crippen LogP contribution in [-0.2, 0) is 22.6 Å². The van der Waals surface area contributed by atoms with Gasteiger partial charge < -0.3 is 15.4 Å². The number of amides is 2. The lowest BCUT2D eigenvalue weighted by Gasteiger charge is -2.12. The number of hydrogen-bond donors (Lipinski definition) is 2. The Labute approximate surface area is 171 Å². The molecule has 0 aliphatic heterocycles. The molecule has 0 spiro atoms. The van der Waals surface area contributed by atoms with E-state index in [1.165, 1.54) is 6.92 Å². The van der Waals surface area contributed by atoms with E-state index in [4.69, 9.17) is 10.00 Å². The third-order valence-corrected chi connectivity index (χ3v) is 4.35. The first-order valence-electron chi connectivity index (χ1n) is 9.79. The Bertz CT molecular complexity index is 841. The summed E-state index contributed by atoms with van der Waals surface area (Å²) >= 11 is 0. The number of nitriles is 1. The minimum Gasteiger partial charge on any atom is -0.489 e. The van der Waals surface area contributed by atoms with Crippen LogP contribution in [0.4, 0.5) is 5.69 Å². The maximum absolute atomic E-state index is 12.2. The average Bonchev–Trinajstić information content (AvgIpc) is 2.71. The largest absolute Gasteiger partial charge is 0.489 e. The van der Waals surface area contributed by atoms with Gasteiger partial charge in [0.15, 0.2) is 0 Å². The summed E-state index contributed by atoms with van der Waals surface area (Å²) in [5, 5.41) is 14.4. The lowest BCUT2D eigenvalue weighted by Crippen LogP contribution is -2.20. The van der Waals surface area contributed by atoms with E-state index in [2.05, 4.69) is 16.7 Å². The van der Waals surface area contributed by atoms with Gasteiger partial charge in [-0.05, 0) is 36.6 Å². The summed E-state index contributed by atoms with van der Waals surface area (Å²) in [5.41, 5.74) is 2.59. The minimum atomic E-state index is -0.0298. The SMILES string of the molecule is CC(=O)NCCCCCC(=O)Nc1ccccc1COc1ccc(CC#N)cc1. The normalized spacial score (nSPS) is 10.1. The number of benzene rings is 2. The van der Waals surface area contributed by atoms with Crippen molar-refractivity contribution < 1.29 is 14.3 Å². The van der Waals surface area contributed by atoms with Crippen LogP contribution in [0.3, 0.4) is 0 Å². The first-order chi connectivity index (χ1) is 14.1. The van der Waals surface area contributed by atoms with E-state index in [1.807, 2.05) is 48.5 Å².